The summed E-state index contributed by atoms with van der Waals surface area (Å²) in [6.45, 7) is 1.83. The van der Waals surface area contributed by atoms with Gasteiger partial charge >= 0.3 is 0 Å². The van der Waals surface area contributed by atoms with Gasteiger partial charge in [-0.3, -0.25) is 4.79 Å². The van der Waals surface area contributed by atoms with Gasteiger partial charge in [0.05, 0.1) is 6.42 Å². The van der Waals surface area contributed by atoms with Gasteiger partial charge in [-0.15, -0.1) is 0 Å². The minimum absolute atomic E-state index is 0.0866. The molecule has 3 rings (SSSR count). The topological polar surface area (TPSA) is 50.8 Å². The van der Waals surface area contributed by atoms with Crippen LogP contribution >= 0.6 is 0 Å². The lowest BCUT2D eigenvalue weighted by Gasteiger charge is -2.19. The van der Waals surface area contributed by atoms with E-state index in [9.17, 15) is 4.79 Å². The minimum atomic E-state index is 0.0866. The van der Waals surface area contributed by atoms with Gasteiger partial charge in [0.1, 0.15) is 13.2 Å². The number of hydrogen-bond donors (Lipinski definition) is 1. The van der Waals surface area contributed by atoms with Crippen LogP contribution in [0.3, 0.4) is 0 Å². The summed E-state index contributed by atoms with van der Waals surface area (Å²) < 4.78 is 11.2. The molecule has 1 aliphatic heterocycles. The molecule has 5 heteroatoms. The fraction of sp³-hybridized carbons (Fsp3) is 0.316. The Kier molecular flexibility index (Phi) is 4.89. The van der Waals surface area contributed by atoms with Crippen molar-refractivity contribution in [3.63, 3.8) is 0 Å². The summed E-state index contributed by atoms with van der Waals surface area (Å²) in [4.78, 5) is 13.6. The molecule has 1 aliphatic rings. The normalized spacial score (nSPS) is 12.6. The molecule has 0 aromatic heterocycles. The number of amides is 1. The van der Waals surface area contributed by atoms with Crippen molar-refractivity contribution in [3.8, 4) is 11.5 Å². The monoisotopic (exact) mass is 326 g/mol. The number of benzene rings is 2. The maximum absolute atomic E-state index is 12.0. The molecular formula is C19H22N2O3. The van der Waals surface area contributed by atoms with Crippen molar-refractivity contribution in [2.45, 2.75) is 13.0 Å². The third-order valence-electron chi connectivity index (χ3n) is 3.95. The van der Waals surface area contributed by atoms with E-state index in [0.29, 0.717) is 26.2 Å². The number of likely N-dealkylation sites (N-methyl/N-ethyl adjacent to an activating group) is 1. The number of hydrogen-bond acceptors (Lipinski definition) is 4. The van der Waals surface area contributed by atoms with Gasteiger partial charge in [-0.05, 0) is 29.3 Å². The predicted molar refractivity (Wildman–Crippen MR) is 93.6 cm³/mol. The molecule has 0 aliphatic carbocycles. The van der Waals surface area contributed by atoms with E-state index in [1.54, 1.807) is 19.0 Å². The molecule has 0 spiro atoms. The first kappa shape index (κ1) is 16.2. The Balaban J connectivity index is 1.69. The first-order valence-electron chi connectivity index (χ1n) is 8.04. The zero-order chi connectivity index (χ0) is 16.9. The highest BCUT2D eigenvalue weighted by atomic mass is 16.6. The standard InChI is InChI=1S/C19H22N2O3/c1-21(2)19(22)12-15-5-3-4-6-16(15)20-13-14-7-8-17-18(11-14)24-10-9-23-17/h3-8,11,20H,9-10,12-13H2,1-2H3. The maximum atomic E-state index is 12.0. The molecule has 0 radical (unpaired) electrons. The van der Waals surface area contributed by atoms with Gasteiger partial charge in [-0.1, -0.05) is 24.3 Å². The number of para-hydroxylation sites is 1. The van der Waals surface area contributed by atoms with E-state index >= 15 is 0 Å². The van der Waals surface area contributed by atoms with Crippen molar-refractivity contribution in [2.24, 2.45) is 0 Å². The molecule has 0 saturated carbocycles. The highest BCUT2D eigenvalue weighted by Gasteiger charge is 2.12. The smallest absolute Gasteiger partial charge is 0.226 e. The van der Waals surface area contributed by atoms with Crippen LogP contribution in [-0.4, -0.2) is 38.1 Å². The molecule has 2 aromatic carbocycles. The van der Waals surface area contributed by atoms with E-state index < -0.39 is 0 Å². The molecule has 0 atom stereocenters. The quantitative estimate of drug-likeness (QED) is 0.918. The SMILES string of the molecule is CN(C)C(=O)Cc1ccccc1NCc1ccc2c(c1)OCCO2. The van der Waals surface area contributed by atoms with Crippen molar-refractivity contribution in [2.75, 3.05) is 32.6 Å². The van der Waals surface area contributed by atoms with E-state index in [-0.39, 0.29) is 5.91 Å². The molecule has 5 nitrogen and oxygen atoms in total. The van der Waals surface area contributed by atoms with Crippen molar-refractivity contribution in [1.29, 1.82) is 0 Å². The summed E-state index contributed by atoms with van der Waals surface area (Å²) >= 11 is 0. The van der Waals surface area contributed by atoms with E-state index in [4.69, 9.17) is 9.47 Å². The highest BCUT2D eigenvalue weighted by molar-refractivity contribution is 5.80. The Morgan fingerprint density at radius 2 is 1.83 bits per heavy atom. The Labute approximate surface area is 142 Å². The van der Waals surface area contributed by atoms with Gasteiger partial charge in [0, 0.05) is 26.3 Å². The van der Waals surface area contributed by atoms with E-state index in [2.05, 4.69) is 5.32 Å². The van der Waals surface area contributed by atoms with Gasteiger partial charge < -0.3 is 19.7 Å². The Morgan fingerprint density at radius 3 is 2.62 bits per heavy atom. The fourth-order valence-electron chi connectivity index (χ4n) is 2.56. The number of anilines is 1. The predicted octanol–water partition coefficient (Wildman–Crippen LogP) is 2.70. The lowest BCUT2D eigenvalue weighted by molar-refractivity contribution is -0.127. The minimum Gasteiger partial charge on any atom is -0.486 e. The second-order valence-corrected chi connectivity index (χ2v) is 5.95. The Bertz CT molecular complexity index is 728. The van der Waals surface area contributed by atoms with Gasteiger partial charge in [0.2, 0.25) is 5.91 Å². The number of rotatable bonds is 5. The van der Waals surface area contributed by atoms with E-state index in [1.165, 1.54) is 0 Å². The van der Waals surface area contributed by atoms with Crippen LogP contribution in [0.25, 0.3) is 0 Å². The van der Waals surface area contributed by atoms with Crippen molar-refractivity contribution in [1.82, 2.24) is 4.90 Å². The molecule has 1 amide bonds. The first-order valence-corrected chi connectivity index (χ1v) is 8.04. The van der Waals surface area contributed by atoms with Crippen LogP contribution in [-0.2, 0) is 17.8 Å². The first-order chi connectivity index (χ1) is 11.6. The van der Waals surface area contributed by atoms with E-state index in [1.807, 2.05) is 42.5 Å². The van der Waals surface area contributed by atoms with Crippen LogP contribution in [0, 0.1) is 0 Å². The van der Waals surface area contributed by atoms with Crippen molar-refractivity contribution in [3.05, 3.63) is 53.6 Å². The molecule has 126 valence electrons. The molecule has 24 heavy (non-hydrogen) atoms. The lowest BCUT2D eigenvalue weighted by atomic mass is 10.1. The zero-order valence-electron chi connectivity index (χ0n) is 14.0. The number of fused-ring (bicyclic) bond motifs is 1. The number of carbonyl (C=O) groups excluding carboxylic acids is 1. The molecule has 0 bridgehead atoms. The third-order valence-corrected chi connectivity index (χ3v) is 3.95. The Hall–Kier alpha value is -2.69. The highest BCUT2D eigenvalue weighted by Crippen LogP contribution is 2.31. The molecular weight excluding hydrogens is 304 g/mol. The second-order valence-electron chi connectivity index (χ2n) is 5.95. The average molecular weight is 326 g/mol. The lowest BCUT2D eigenvalue weighted by Crippen LogP contribution is -2.23. The number of ether oxygens (including phenoxy) is 2. The largest absolute Gasteiger partial charge is 0.486 e. The Morgan fingerprint density at radius 1 is 1.08 bits per heavy atom. The third kappa shape index (κ3) is 3.79. The maximum Gasteiger partial charge on any atom is 0.226 e. The van der Waals surface area contributed by atoms with Crippen LogP contribution in [0.2, 0.25) is 0 Å². The summed E-state index contributed by atoms with van der Waals surface area (Å²) in [6.07, 6.45) is 0.386. The van der Waals surface area contributed by atoms with Crippen LogP contribution in [0.5, 0.6) is 11.5 Å². The number of nitrogens with one attached hydrogen (secondary N) is 1. The van der Waals surface area contributed by atoms with Crippen LogP contribution in [0.1, 0.15) is 11.1 Å². The summed E-state index contributed by atoms with van der Waals surface area (Å²) in [5, 5.41) is 3.41. The van der Waals surface area contributed by atoms with Gasteiger partial charge in [-0.25, -0.2) is 0 Å². The number of carbonyl (C=O) groups is 1. The van der Waals surface area contributed by atoms with Crippen LogP contribution in [0.4, 0.5) is 5.69 Å². The second kappa shape index (κ2) is 7.25. The molecule has 0 unspecified atom stereocenters. The van der Waals surface area contributed by atoms with Crippen LogP contribution in [0.15, 0.2) is 42.5 Å². The van der Waals surface area contributed by atoms with Crippen LogP contribution < -0.4 is 14.8 Å². The fourth-order valence-corrected chi connectivity index (χ4v) is 2.56. The van der Waals surface area contributed by atoms with E-state index in [0.717, 1.165) is 28.3 Å². The van der Waals surface area contributed by atoms with Crippen molar-refractivity contribution >= 4 is 11.6 Å². The number of nitrogens with zero attached hydrogens (tertiary/aromatic N) is 1. The zero-order valence-corrected chi connectivity index (χ0v) is 14.0. The van der Waals surface area contributed by atoms with Gasteiger partial charge in [0.25, 0.3) is 0 Å². The van der Waals surface area contributed by atoms with Crippen molar-refractivity contribution < 1.29 is 14.3 Å². The average Bonchev–Trinajstić information content (AvgIpc) is 2.60. The molecule has 0 saturated heterocycles. The summed E-state index contributed by atoms with van der Waals surface area (Å²) in [5.74, 6) is 1.67. The molecule has 1 N–H and O–H groups in total. The molecule has 2 aromatic rings. The molecule has 1 heterocycles. The summed E-state index contributed by atoms with van der Waals surface area (Å²) in [5.41, 5.74) is 3.07. The summed E-state index contributed by atoms with van der Waals surface area (Å²) in [7, 11) is 3.54. The summed E-state index contributed by atoms with van der Waals surface area (Å²) in [6, 6.07) is 13.9. The van der Waals surface area contributed by atoms with Gasteiger partial charge in [0.15, 0.2) is 11.5 Å². The molecule has 0 fully saturated rings. The van der Waals surface area contributed by atoms with Gasteiger partial charge in [-0.2, -0.15) is 0 Å².